The number of aromatic amines is 1. The first kappa shape index (κ1) is 18.4. The average Bonchev–Trinajstić information content (AvgIpc) is 2.99. The molecule has 0 spiro atoms. The number of aromatic nitrogens is 4. The minimum atomic E-state index is -0.523. The first-order chi connectivity index (χ1) is 12.9. The van der Waals surface area contributed by atoms with E-state index in [1.54, 1.807) is 35.9 Å². The Labute approximate surface area is 155 Å². The Kier molecular flexibility index (Phi) is 5.11. The zero-order valence-electron chi connectivity index (χ0n) is 15.4. The van der Waals surface area contributed by atoms with E-state index in [0.29, 0.717) is 29.5 Å². The SMILES string of the molecule is CC(C)CCn1c(N/N=C\c2ccccc2O)nc2c1c(=O)[nH]c(=O)n2C. The number of aryl methyl sites for hydroxylation is 2. The smallest absolute Gasteiger partial charge is 0.329 e. The van der Waals surface area contributed by atoms with Crippen LogP contribution in [0.15, 0.2) is 39.0 Å². The molecule has 0 aliphatic carbocycles. The van der Waals surface area contributed by atoms with Crippen LogP contribution in [0, 0.1) is 5.92 Å². The lowest BCUT2D eigenvalue weighted by Gasteiger charge is -2.09. The maximum atomic E-state index is 12.3. The molecule has 0 bridgehead atoms. The number of phenols is 1. The van der Waals surface area contributed by atoms with Gasteiger partial charge >= 0.3 is 5.69 Å². The van der Waals surface area contributed by atoms with Gasteiger partial charge in [-0.05, 0) is 24.5 Å². The Morgan fingerprint density at radius 3 is 2.78 bits per heavy atom. The number of aromatic hydroxyl groups is 1. The molecular weight excluding hydrogens is 348 g/mol. The fraction of sp³-hybridized carbons (Fsp3) is 0.333. The Morgan fingerprint density at radius 2 is 2.07 bits per heavy atom. The number of anilines is 1. The summed E-state index contributed by atoms with van der Waals surface area (Å²) in [6.07, 6.45) is 2.29. The number of para-hydroxylation sites is 1. The van der Waals surface area contributed by atoms with Crippen LogP contribution in [0.1, 0.15) is 25.8 Å². The highest BCUT2D eigenvalue weighted by atomic mass is 16.3. The van der Waals surface area contributed by atoms with Crippen LogP contribution < -0.4 is 16.7 Å². The van der Waals surface area contributed by atoms with E-state index in [4.69, 9.17) is 0 Å². The number of phenolic OH excluding ortho intramolecular Hbond substituents is 1. The largest absolute Gasteiger partial charge is 0.507 e. The van der Waals surface area contributed by atoms with Crippen molar-refractivity contribution in [3.8, 4) is 5.75 Å². The van der Waals surface area contributed by atoms with Crippen LogP contribution in [0.5, 0.6) is 5.75 Å². The summed E-state index contributed by atoms with van der Waals surface area (Å²) in [6, 6.07) is 6.79. The number of imidazole rings is 1. The molecule has 0 aliphatic rings. The number of hydrazone groups is 1. The molecule has 0 fully saturated rings. The Morgan fingerprint density at radius 1 is 1.33 bits per heavy atom. The lowest BCUT2D eigenvalue weighted by atomic mass is 10.1. The molecule has 3 N–H and O–H groups in total. The highest BCUT2D eigenvalue weighted by molar-refractivity contribution is 5.83. The summed E-state index contributed by atoms with van der Waals surface area (Å²) in [7, 11) is 1.55. The van der Waals surface area contributed by atoms with Crippen molar-refractivity contribution in [2.75, 3.05) is 5.43 Å². The second-order valence-electron chi connectivity index (χ2n) is 6.69. The van der Waals surface area contributed by atoms with Crippen molar-refractivity contribution in [2.45, 2.75) is 26.8 Å². The van der Waals surface area contributed by atoms with Crippen LogP contribution in [0.4, 0.5) is 5.95 Å². The van der Waals surface area contributed by atoms with Crippen molar-refractivity contribution in [1.29, 1.82) is 0 Å². The highest BCUT2D eigenvalue weighted by Crippen LogP contribution is 2.18. The molecular formula is C18H22N6O3. The normalized spacial score (nSPS) is 11.7. The van der Waals surface area contributed by atoms with E-state index < -0.39 is 11.2 Å². The minimum Gasteiger partial charge on any atom is -0.507 e. The highest BCUT2D eigenvalue weighted by Gasteiger charge is 2.17. The van der Waals surface area contributed by atoms with Crippen molar-refractivity contribution >= 4 is 23.3 Å². The molecule has 2 heterocycles. The van der Waals surface area contributed by atoms with Crippen molar-refractivity contribution in [3.63, 3.8) is 0 Å². The topological polar surface area (TPSA) is 117 Å². The molecule has 0 saturated heterocycles. The molecule has 0 amide bonds. The number of nitrogens with zero attached hydrogens (tertiary/aromatic N) is 4. The van der Waals surface area contributed by atoms with Crippen LogP contribution in [-0.2, 0) is 13.6 Å². The van der Waals surface area contributed by atoms with E-state index in [-0.39, 0.29) is 11.4 Å². The van der Waals surface area contributed by atoms with Crippen LogP contribution in [0.3, 0.4) is 0 Å². The van der Waals surface area contributed by atoms with Gasteiger partial charge in [0.25, 0.3) is 5.56 Å². The first-order valence-electron chi connectivity index (χ1n) is 8.65. The van der Waals surface area contributed by atoms with E-state index in [9.17, 15) is 14.7 Å². The van der Waals surface area contributed by atoms with Gasteiger partial charge in [-0.3, -0.25) is 14.3 Å². The van der Waals surface area contributed by atoms with Gasteiger partial charge in [-0.15, -0.1) is 0 Å². The molecule has 2 aromatic heterocycles. The van der Waals surface area contributed by atoms with Gasteiger partial charge in [0, 0.05) is 19.2 Å². The lowest BCUT2D eigenvalue weighted by Crippen LogP contribution is -2.29. The van der Waals surface area contributed by atoms with Gasteiger partial charge in [0.15, 0.2) is 11.2 Å². The molecule has 0 unspecified atom stereocenters. The monoisotopic (exact) mass is 370 g/mol. The molecule has 3 rings (SSSR count). The fourth-order valence-electron chi connectivity index (χ4n) is 2.68. The van der Waals surface area contributed by atoms with Gasteiger partial charge in [0.2, 0.25) is 5.95 Å². The second kappa shape index (κ2) is 7.48. The quantitative estimate of drug-likeness (QED) is 0.450. The molecule has 1 aromatic carbocycles. The predicted octanol–water partition coefficient (Wildman–Crippen LogP) is 1.62. The van der Waals surface area contributed by atoms with E-state index in [2.05, 4.69) is 34.3 Å². The molecule has 0 radical (unpaired) electrons. The van der Waals surface area contributed by atoms with Gasteiger partial charge in [0.05, 0.1) is 6.21 Å². The Bertz CT molecular complexity index is 1110. The molecule has 0 saturated carbocycles. The van der Waals surface area contributed by atoms with Crippen LogP contribution >= 0.6 is 0 Å². The summed E-state index contributed by atoms with van der Waals surface area (Å²) in [6.45, 7) is 4.72. The summed E-state index contributed by atoms with van der Waals surface area (Å²) >= 11 is 0. The number of nitrogens with one attached hydrogen (secondary N) is 2. The third kappa shape index (κ3) is 3.76. The minimum absolute atomic E-state index is 0.107. The maximum absolute atomic E-state index is 12.3. The number of H-pyrrole nitrogens is 1. The van der Waals surface area contributed by atoms with Crippen LogP contribution in [-0.4, -0.2) is 30.4 Å². The molecule has 3 aromatic rings. The van der Waals surface area contributed by atoms with Gasteiger partial charge in [-0.2, -0.15) is 10.1 Å². The predicted molar refractivity (Wildman–Crippen MR) is 104 cm³/mol. The second-order valence-corrected chi connectivity index (χ2v) is 6.69. The van der Waals surface area contributed by atoms with Gasteiger partial charge in [-0.1, -0.05) is 26.0 Å². The lowest BCUT2D eigenvalue weighted by molar-refractivity contribution is 0.474. The summed E-state index contributed by atoms with van der Waals surface area (Å²) in [5.74, 6) is 0.880. The van der Waals surface area contributed by atoms with Crippen LogP contribution in [0.25, 0.3) is 11.2 Å². The molecule has 27 heavy (non-hydrogen) atoms. The third-order valence-corrected chi connectivity index (χ3v) is 4.24. The molecule has 0 atom stereocenters. The summed E-state index contributed by atoms with van der Waals surface area (Å²) in [5.41, 5.74) is 2.96. The van der Waals surface area contributed by atoms with E-state index in [1.165, 1.54) is 10.8 Å². The first-order valence-corrected chi connectivity index (χ1v) is 8.65. The number of rotatable bonds is 6. The van der Waals surface area contributed by atoms with Gasteiger partial charge in [-0.25, -0.2) is 10.2 Å². The molecule has 9 nitrogen and oxygen atoms in total. The number of hydrogen-bond donors (Lipinski definition) is 3. The number of hydrogen-bond acceptors (Lipinski definition) is 6. The van der Waals surface area contributed by atoms with Crippen molar-refractivity contribution in [2.24, 2.45) is 18.1 Å². The number of benzene rings is 1. The van der Waals surface area contributed by atoms with Gasteiger partial charge in [0.1, 0.15) is 5.75 Å². The number of fused-ring (bicyclic) bond motifs is 1. The average molecular weight is 370 g/mol. The van der Waals surface area contributed by atoms with E-state index in [1.807, 2.05) is 0 Å². The van der Waals surface area contributed by atoms with E-state index >= 15 is 0 Å². The van der Waals surface area contributed by atoms with Gasteiger partial charge < -0.3 is 9.67 Å². The molecule has 9 heteroatoms. The standard InChI is InChI=1S/C18H22N6O3/c1-11(2)8-9-24-14-15(23(3)18(27)21-16(14)26)20-17(24)22-19-10-12-6-4-5-7-13(12)25/h4-7,10-11,25H,8-9H2,1-3H3,(H,20,22)(H,21,26,27)/b19-10-. The zero-order chi connectivity index (χ0) is 19.6. The molecule has 0 aliphatic heterocycles. The third-order valence-electron chi connectivity index (χ3n) is 4.24. The molecule has 142 valence electrons. The van der Waals surface area contributed by atoms with Crippen molar-refractivity contribution in [1.82, 2.24) is 19.1 Å². The maximum Gasteiger partial charge on any atom is 0.329 e. The summed E-state index contributed by atoms with van der Waals surface area (Å²) < 4.78 is 3.01. The zero-order valence-corrected chi connectivity index (χ0v) is 15.4. The van der Waals surface area contributed by atoms with Crippen molar-refractivity contribution < 1.29 is 5.11 Å². The Balaban J connectivity index is 2.03. The fourth-order valence-corrected chi connectivity index (χ4v) is 2.68. The van der Waals surface area contributed by atoms with Crippen molar-refractivity contribution in [3.05, 3.63) is 50.7 Å². The summed E-state index contributed by atoms with van der Waals surface area (Å²) in [4.78, 5) is 30.9. The Hall–Kier alpha value is -3.36. The van der Waals surface area contributed by atoms with Crippen LogP contribution in [0.2, 0.25) is 0 Å². The summed E-state index contributed by atoms with van der Waals surface area (Å²) in [5, 5.41) is 13.9. The van der Waals surface area contributed by atoms with E-state index in [0.717, 1.165) is 6.42 Å².